The van der Waals surface area contributed by atoms with Crippen LogP contribution in [0.5, 0.6) is 0 Å². The SMILES string of the molecule is COC(=O)c1ccoc1CN1CCCS1(=O)=O. The van der Waals surface area contributed by atoms with Crippen LogP contribution in [0.25, 0.3) is 0 Å². The maximum atomic E-state index is 11.6. The number of furan rings is 1. The van der Waals surface area contributed by atoms with E-state index in [0.29, 0.717) is 18.7 Å². The number of hydrogen-bond acceptors (Lipinski definition) is 5. The zero-order valence-electron chi connectivity index (χ0n) is 9.38. The maximum Gasteiger partial charge on any atom is 0.341 e. The standard InChI is InChI=1S/C10H13NO5S/c1-15-10(12)8-3-5-16-9(8)7-11-4-2-6-17(11,13)14/h3,5H,2,4,6-7H2,1H3. The van der Waals surface area contributed by atoms with Gasteiger partial charge in [-0.1, -0.05) is 0 Å². The van der Waals surface area contributed by atoms with E-state index in [1.54, 1.807) is 0 Å². The molecule has 2 rings (SSSR count). The molecule has 1 aromatic heterocycles. The van der Waals surface area contributed by atoms with Crippen LogP contribution in [0.3, 0.4) is 0 Å². The molecule has 0 amide bonds. The van der Waals surface area contributed by atoms with Gasteiger partial charge in [0.15, 0.2) is 0 Å². The lowest BCUT2D eigenvalue weighted by atomic mass is 10.2. The summed E-state index contributed by atoms with van der Waals surface area (Å²) in [6, 6.07) is 1.48. The largest absolute Gasteiger partial charge is 0.467 e. The highest BCUT2D eigenvalue weighted by Gasteiger charge is 2.30. The van der Waals surface area contributed by atoms with Gasteiger partial charge in [-0.25, -0.2) is 13.2 Å². The summed E-state index contributed by atoms with van der Waals surface area (Å²) in [6.45, 7) is 0.545. The molecule has 1 fully saturated rings. The lowest BCUT2D eigenvalue weighted by Crippen LogP contribution is -2.25. The van der Waals surface area contributed by atoms with Gasteiger partial charge in [-0.3, -0.25) is 0 Å². The first-order chi connectivity index (χ1) is 8.04. The first-order valence-electron chi connectivity index (χ1n) is 5.17. The summed E-state index contributed by atoms with van der Waals surface area (Å²) in [7, 11) is -1.92. The predicted molar refractivity (Wildman–Crippen MR) is 58.9 cm³/mol. The Kier molecular flexibility index (Phi) is 3.21. The second-order valence-electron chi connectivity index (χ2n) is 3.75. The second-order valence-corrected chi connectivity index (χ2v) is 5.84. The molecular formula is C10H13NO5S. The quantitative estimate of drug-likeness (QED) is 0.743. The molecule has 1 saturated heterocycles. The molecule has 0 N–H and O–H groups in total. The number of hydrogen-bond donors (Lipinski definition) is 0. The smallest absolute Gasteiger partial charge is 0.341 e. The van der Waals surface area contributed by atoms with E-state index in [9.17, 15) is 13.2 Å². The third-order valence-electron chi connectivity index (χ3n) is 2.67. The van der Waals surface area contributed by atoms with Crippen molar-refractivity contribution in [2.75, 3.05) is 19.4 Å². The van der Waals surface area contributed by atoms with E-state index >= 15 is 0 Å². The van der Waals surface area contributed by atoms with Crippen molar-refractivity contribution < 1.29 is 22.4 Å². The fraction of sp³-hybridized carbons (Fsp3) is 0.500. The fourth-order valence-corrected chi connectivity index (χ4v) is 3.26. The van der Waals surface area contributed by atoms with Crippen LogP contribution in [0.2, 0.25) is 0 Å². The van der Waals surface area contributed by atoms with Crippen LogP contribution in [0.15, 0.2) is 16.7 Å². The molecule has 17 heavy (non-hydrogen) atoms. The second kappa shape index (κ2) is 4.50. The molecule has 0 saturated carbocycles. The van der Waals surface area contributed by atoms with Crippen molar-refractivity contribution in [3.63, 3.8) is 0 Å². The Morgan fingerprint density at radius 3 is 2.94 bits per heavy atom. The third kappa shape index (κ3) is 2.34. The fourth-order valence-electron chi connectivity index (χ4n) is 1.78. The topological polar surface area (TPSA) is 76.8 Å². The van der Waals surface area contributed by atoms with Crippen LogP contribution >= 0.6 is 0 Å². The molecule has 1 aliphatic heterocycles. The van der Waals surface area contributed by atoms with E-state index in [2.05, 4.69) is 4.74 Å². The van der Waals surface area contributed by atoms with Gasteiger partial charge in [0.2, 0.25) is 10.0 Å². The van der Waals surface area contributed by atoms with Crippen LogP contribution < -0.4 is 0 Å². The Bertz CT molecular complexity index is 519. The summed E-state index contributed by atoms with van der Waals surface area (Å²) in [4.78, 5) is 11.4. The third-order valence-corrected chi connectivity index (χ3v) is 4.58. The molecule has 0 aliphatic carbocycles. The monoisotopic (exact) mass is 259 g/mol. The number of esters is 1. The molecule has 94 valence electrons. The predicted octanol–water partition coefficient (Wildman–Crippen LogP) is 0.602. The van der Waals surface area contributed by atoms with Crippen molar-refractivity contribution >= 4 is 16.0 Å². The number of carbonyl (C=O) groups excluding carboxylic acids is 1. The zero-order valence-corrected chi connectivity index (χ0v) is 10.2. The Hall–Kier alpha value is -1.34. The molecule has 2 heterocycles. The summed E-state index contributed by atoms with van der Waals surface area (Å²) in [5.41, 5.74) is 0.273. The van der Waals surface area contributed by atoms with E-state index < -0.39 is 16.0 Å². The molecule has 0 bridgehead atoms. The molecule has 0 aromatic carbocycles. The molecule has 0 atom stereocenters. The van der Waals surface area contributed by atoms with Crippen molar-refractivity contribution in [2.24, 2.45) is 0 Å². The average molecular weight is 259 g/mol. The normalized spacial score (nSPS) is 19.4. The molecular weight excluding hydrogens is 246 g/mol. The van der Waals surface area contributed by atoms with Gasteiger partial charge in [-0.15, -0.1) is 0 Å². The van der Waals surface area contributed by atoms with Crippen LogP contribution in [0.1, 0.15) is 22.5 Å². The first-order valence-corrected chi connectivity index (χ1v) is 6.78. The molecule has 0 spiro atoms. The van der Waals surface area contributed by atoms with E-state index in [1.165, 1.54) is 23.7 Å². The Morgan fingerprint density at radius 2 is 2.35 bits per heavy atom. The zero-order chi connectivity index (χ0) is 12.5. The summed E-state index contributed by atoms with van der Waals surface area (Å²) in [5, 5.41) is 0. The van der Waals surface area contributed by atoms with Gasteiger partial charge < -0.3 is 9.15 Å². The minimum atomic E-state index is -3.19. The van der Waals surface area contributed by atoms with Gasteiger partial charge >= 0.3 is 5.97 Å². The van der Waals surface area contributed by atoms with Crippen LogP contribution in [-0.4, -0.2) is 38.1 Å². The highest BCUT2D eigenvalue weighted by atomic mass is 32.2. The minimum Gasteiger partial charge on any atom is -0.467 e. The Labute approximate surface area is 99.2 Å². The number of sulfonamides is 1. The average Bonchev–Trinajstić information content (AvgIpc) is 2.86. The number of methoxy groups -OCH3 is 1. The number of nitrogens with zero attached hydrogens (tertiary/aromatic N) is 1. The molecule has 6 nitrogen and oxygen atoms in total. The van der Waals surface area contributed by atoms with Gasteiger partial charge in [0.25, 0.3) is 0 Å². The van der Waals surface area contributed by atoms with Crippen LogP contribution in [0.4, 0.5) is 0 Å². The highest BCUT2D eigenvalue weighted by Crippen LogP contribution is 2.20. The highest BCUT2D eigenvalue weighted by molar-refractivity contribution is 7.89. The van der Waals surface area contributed by atoms with Crippen molar-refractivity contribution in [3.05, 3.63) is 23.7 Å². The van der Waals surface area contributed by atoms with Crippen LogP contribution in [-0.2, 0) is 21.3 Å². The number of rotatable bonds is 3. The van der Waals surface area contributed by atoms with Gasteiger partial charge in [-0.2, -0.15) is 4.31 Å². The maximum absolute atomic E-state index is 11.6. The van der Waals surface area contributed by atoms with Crippen molar-refractivity contribution in [3.8, 4) is 0 Å². The van der Waals surface area contributed by atoms with Gasteiger partial charge in [0.05, 0.1) is 25.7 Å². The lowest BCUT2D eigenvalue weighted by Gasteiger charge is -2.12. The van der Waals surface area contributed by atoms with Crippen molar-refractivity contribution in [1.82, 2.24) is 4.31 Å². The van der Waals surface area contributed by atoms with E-state index in [1.807, 2.05) is 0 Å². The van der Waals surface area contributed by atoms with E-state index in [-0.39, 0.29) is 17.9 Å². The Balaban J connectivity index is 2.20. The Morgan fingerprint density at radius 1 is 1.59 bits per heavy atom. The lowest BCUT2D eigenvalue weighted by molar-refractivity contribution is 0.0597. The van der Waals surface area contributed by atoms with Crippen LogP contribution in [0, 0.1) is 0 Å². The van der Waals surface area contributed by atoms with Gasteiger partial charge in [-0.05, 0) is 12.5 Å². The molecule has 7 heteroatoms. The molecule has 0 unspecified atom stereocenters. The summed E-state index contributed by atoms with van der Waals surface area (Å²) in [6.07, 6.45) is 1.96. The molecule has 1 aliphatic rings. The van der Waals surface area contributed by atoms with Crippen molar-refractivity contribution in [2.45, 2.75) is 13.0 Å². The summed E-state index contributed by atoms with van der Waals surface area (Å²) >= 11 is 0. The van der Waals surface area contributed by atoms with Gasteiger partial charge in [0.1, 0.15) is 11.3 Å². The molecule has 0 radical (unpaired) electrons. The number of carbonyl (C=O) groups is 1. The number of ether oxygens (including phenoxy) is 1. The first kappa shape index (κ1) is 12.1. The van der Waals surface area contributed by atoms with Gasteiger partial charge in [0, 0.05) is 6.54 Å². The summed E-state index contributed by atoms with van der Waals surface area (Å²) in [5.74, 6) is -0.0472. The van der Waals surface area contributed by atoms with E-state index in [4.69, 9.17) is 4.42 Å². The molecule has 1 aromatic rings. The van der Waals surface area contributed by atoms with Crippen molar-refractivity contribution in [1.29, 1.82) is 0 Å². The van der Waals surface area contributed by atoms with E-state index in [0.717, 1.165) is 0 Å². The minimum absolute atomic E-state index is 0.0831. The summed E-state index contributed by atoms with van der Waals surface area (Å²) < 4.78 is 34.3.